The highest BCUT2D eigenvalue weighted by atomic mass is 32.2. The first-order valence-corrected chi connectivity index (χ1v) is 11.5. The van der Waals surface area contributed by atoms with Crippen LogP contribution in [0.2, 0.25) is 0 Å². The average molecular weight is 447 g/mol. The van der Waals surface area contributed by atoms with Gasteiger partial charge in [0.25, 0.3) is 15.9 Å². The fraction of sp³-hybridized carbons (Fsp3) is 0.250. The zero-order chi connectivity index (χ0) is 21.7. The van der Waals surface area contributed by atoms with E-state index in [-0.39, 0.29) is 28.5 Å². The van der Waals surface area contributed by atoms with Gasteiger partial charge in [-0.1, -0.05) is 35.1 Å². The van der Waals surface area contributed by atoms with Gasteiger partial charge < -0.3 is 4.74 Å². The molecule has 1 heterocycles. The van der Waals surface area contributed by atoms with Crippen molar-refractivity contribution in [1.82, 2.24) is 14.9 Å². The molecule has 0 fully saturated rings. The van der Waals surface area contributed by atoms with E-state index in [1.54, 1.807) is 12.1 Å². The van der Waals surface area contributed by atoms with Gasteiger partial charge in [0.05, 0.1) is 0 Å². The Morgan fingerprint density at radius 2 is 1.77 bits per heavy atom. The average Bonchev–Trinajstić information content (AvgIpc) is 3.18. The van der Waals surface area contributed by atoms with Crippen LogP contribution in [-0.4, -0.2) is 37.7 Å². The fourth-order valence-corrected chi connectivity index (χ4v) is 4.40. The summed E-state index contributed by atoms with van der Waals surface area (Å²) in [5.74, 6) is 0.291. The van der Waals surface area contributed by atoms with Gasteiger partial charge in [-0.15, -0.1) is 10.2 Å². The van der Waals surface area contributed by atoms with Gasteiger partial charge in [-0.05, 0) is 56.2 Å². The molecule has 158 valence electrons. The van der Waals surface area contributed by atoms with Crippen molar-refractivity contribution in [3.8, 4) is 5.75 Å². The Labute approximate surface area is 179 Å². The van der Waals surface area contributed by atoms with Gasteiger partial charge in [-0.25, -0.2) is 13.1 Å². The number of aryl methyl sites for hydroxylation is 3. The van der Waals surface area contributed by atoms with E-state index in [2.05, 4.69) is 20.2 Å². The number of benzene rings is 2. The summed E-state index contributed by atoms with van der Waals surface area (Å²) in [4.78, 5) is 12.2. The first-order valence-electron chi connectivity index (χ1n) is 9.16. The van der Waals surface area contributed by atoms with Gasteiger partial charge in [0.15, 0.2) is 0 Å². The molecule has 0 radical (unpaired) electrons. The van der Waals surface area contributed by atoms with E-state index in [1.807, 2.05) is 51.1 Å². The number of nitrogens with zero attached hydrogens (tertiary/aromatic N) is 2. The quantitative estimate of drug-likeness (QED) is 0.406. The summed E-state index contributed by atoms with van der Waals surface area (Å²) < 4.78 is 32.5. The topological polar surface area (TPSA) is 110 Å². The maximum atomic E-state index is 12.4. The molecule has 1 amide bonds. The van der Waals surface area contributed by atoms with Crippen LogP contribution < -0.4 is 14.8 Å². The largest absolute Gasteiger partial charge is 0.492 e. The lowest BCUT2D eigenvalue weighted by Crippen LogP contribution is -2.28. The summed E-state index contributed by atoms with van der Waals surface area (Å²) in [6.45, 7) is 6.14. The normalized spacial score (nSPS) is 11.3. The first-order chi connectivity index (χ1) is 14.2. The van der Waals surface area contributed by atoms with Crippen molar-refractivity contribution >= 4 is 32.4 Å². The van der Waals surface area contributed by atoms with Crippen molar-refractivity contribution in [2.24, 2.45) is 0 Å². The second-order valence-electron chi connectivity index (χ2n) is 6.69. The van der Waals surface area contributed by atoms with E-state index in [4.69, 9.17) is 4.74 Å². The van der Waals surface area contributed by atoms with E-state index in [0.717, 1.165) is 28.0 Å². The zero-order valence-electron chi connectivity index (χ0n) is 16.8. The van der Waals surface area contributed by atoms with E-state index in [1.165, 1.54) is 0 Å². The van der Waals surface area contributed by atoms with Crippen LogP contribution in [0.5, 0.6) is 5.75 Å². The summed E-state index contributed by atoms with van der Waals surface area (Å²) in [6, 6.07) is 12.7. The van der Waals surface area contributed by atoms with Crippen molar-refractivity contribution in [3.05, 3.63) is 64.7 Å². The molecule has 2 N–H and O–H groups in total. The lowest BCUT2D eigenvalue weighted by Gasteiger charge is -2.08. The predicted molar refractivity (Wildman–Crippen MR) is 116 cm³/mol. The Balaban J connectivity index is 1.53. The van der Waals surface area contributed by atoms with Gasteiger partial charge in [0.2, 0.25) is 9.47 Å². The number of anilines is 1. The molecule has 10 heteroatoms. The van der Waals surface area contributed by atoms with E-state index in [0.29, 0.717) is 11.3 Å². The number of carbonyl (C=O) groups excluding carboxylic acids is 1. The maximum absolute atomic E-state index is 12.4. The van der Waals surface area contributed by atoms with Crippen LogP contribution in [0.3, 0.4) is 0 Å². The van der Waals surface area contributed by atoms with Crippen molar-refractivity contribution in [1.29, 1.82) is 0 Å². The van der Waals surface area contributed by atoms with Crippen molar-refractivity contribution in [2.45, 2.75) is 25.1 Å². The molecule has 3 rings (SSSR count). The number of aromatic nitrogens is 2. The second-order valence-corrected chi connectivity index (χ2v) is 9.60. The number of sulfonamides is 1. The Morgan fingerprint density at radius 1 is 1.03 bits per heavy atom. The van der Waals surface area contributed by atoms with Crippen molar-refractivity contribution in [2.75, 3.05) is 18.5 Å². The lowest BCUT2D eigenvalue weighted by atomic mass is 10.1. The highest BCUT2D eigenvalue weighted by Gasteiger charge is 2.20. The summed E-state index contributed by atoms with van der Waals surface area (Å²) in [7, 11) is -3.85. The highest BCUT2D eigenvalue weighted by molar-refractivity contribution is 7.91. The molecule has 0 aliphatic carbocycles. The molecule has 2 aromatic carbocycles. The van der Waals surface area contributed by atoms with Gasteiger partial charge in [0.1, 0.15) is 12.4 Å². The fourth-order valence-electron chi connectivity index (χ4n) is 2.45. The molecule has 0 saturated carbocycles. The molecule has 3 aromatic rings. The van der Waals surface area contributed by atoms with Crippen molar-refractivity contribution < 1.29 is 17.9 Å². The predicted octanol–water partition coefficient (Wildman–Crippen LogP) is 3.07. The minimum atomic E-state index is -3.85. The molecule has 1 aromatic heterocycles. The lowest BCUT2D eigenvalue weighted by molar-refractivity contribution is 0.102. The standard InChI is InChI=1S/C20H22N4O4S2/c1-13-4-7-16(8-5-13)18(25)22-19-23-24-20(29-19)30(26,27)21-10-11-28-17-9-6-14(2)15(3)12-17/h4-9,12,21H,10-11H2,1-3H3,(H,22,23,25). The van der Waals surface area contributed by atoms with Gasteiger partial charge in [-0.2, -0.15) is 0 Å². The smallest absolute Gasteiger partial charge is 0.269 e. The molecule has 0 bridgehead atoms. The molecule has 0 atom stereocenters. The monoisotopic (exact) mass is 446 g/mol. The summed E-state index contributed by atoms with van der Waals surface area (Å²) >= 11 is 0.778. The van der Waals surface area contributed by atoms with Crippen LogP contribution in [0, 0.1) is 20.8 Å². The number of ether oxygens (including phenoxy) is 1. The van der Waals surface area contributed by atoms with E-state index >= 15 is 0 Å². The minimum Gasteiger partial charge on any atom is -0.492 e. The molecule has 30 heavy (non-hydrogen) atoms. The number of hydrogen-bond donors (Lipinski definition) is 2. The number of nitrogens with one attached hydrogen (secondary N) is 2. The van der Waals surface area contributed by atoms with Gasteiger partial charge in [0, 0.05) is 12.1 Å². The van der Waals surface area contributed by atoms with Gasteiger partial charge in [-0.3, -0.25) is 10.1 Å². The summed E-state index contributed by atoms with van der Waals surface area (Å²) in [5, 5.41) is 10.1. The van der Waals surface area contributed by atoms with Crippen LogP contribution in [-0.2, 0) is 10.0 Å². The third kappa shape index (κ3) is 5.62. The number of carbonyl (C=O) groups is 1. The van der Waals surface area contributed by atoms with Crippen LogP contribution in [0.25, 0.3) is 0 Å². The maximum Gasteiger partial charge on any atom is 0.269 e. The number of rotatable bonds is 8. The summed E-state index contributed by atoms with van der Waals surface area (Å²) in [5.41, 5.74) is 3.73. The first kappa shape index (κ1) is 21.9. The molecule has 0 unspecified atom stereocenters. The Morgan fingerprint density at radius 3 is 2.47 bits per heavy atom. The number of amides is 1. The molecule has 8 nitrogen and oxygen atoms in total. The molecule has 0 aliphatic rings. The molecular formula is C20H22N4O4S2. The van der Waals surface area contributed by atoms with Crippen LogP contribution in [0.1, 0.15) is 27.0 Å². The Bertz CT molecular complexity index is 1140. The SMILES string of the molecule is Cc1ccc(C(=O)Nc2nnc(S(=O)(=O)NCCOc3ccc(C)c(C)c3)s2)cc1. The van der Waals surface area contributed by atoms with Crippen molar-refractivity contribution in [3.63, 3.8) is 0 Å². The molecule has 0 aliphatic heterocycles. The Hall–Kier alpha value is -2.82. The zero-order valence-corrected chi connectivity index (χ0v) is 18.4. The van der Waals surface area contributed by atoms with Gasteiger partial charge >= 0.3 is 0 Å². The van der Waals surface area contributed by atoms with E-state index in [9.17, 15) is 13.2 Å². The Kier molecular flexibility index (Phi) is 6.80. The third-order valence-electron chi connectivity index (χ3n) is 4.31. The molecule has 0 saturated heterocycles. The second kappa shape index (κ2) is 9.33. The molecular weight excluding hydrogens is 424 g/mol. The minimum absolute atomic E-state index is 0.0693. The van der Waals surface area contributed by atoms with Crippen LogP contribution in [0.4, 0.5) is 5.13 Å². The van der Waals surface area contributed by atoms with E-state index < -0.39 is 10.0 Å². The van der Waals surface area contributed by atoms with Crippen LogP contribution >= 0.6 is 11.3 Å². The highest BCUT2D eigenvalue weighted by Crippen LogP contribution is 2.20. The number of hydrogen-bond acceptors (Lipinski definition) is 7. The third-order valence-corrected chi connectivity index (χ3v) is 6.98. The van der Waals surface area contributed by atoms with Crippen LogP contribution in [0.15, 0.2) is 46.8 Å². The molecule has 0 spiro atoms. The summed E-state index contributed by atoms with van der Waals surface area (Å²) in [6.07, 6.45) is 0.